The van der Waals surface area contributed by atoms with Crippen molar-refractivity contribution in [2.24, 2.45) is 5.92 Å². The molecular formula is C12H16BrNO2S. The molecule has 1 heterocycles. The minimum Gasteiger partial charge on any atom is -0.309 e. The first kappa shape index (κ1) is 13.1. The van der Waals surface area contributed by atoms with Crippen LogP contribution in [0.4, 0.5) is 0 Å². The summed E-state index contributed by atoms with van der Waals surface area (Å²) in [6.45, 7) is 2.72. The Hall–Kier alpha value is -0.390. The van der Waals surface area contributed by atoms with E-state index in [0.29, 0.717) is 0 Å². The monoisotopic (exact) mass is 317 g/mol. The highest BCUT2D eigenvalue weighted by atomic mass is 79.9. The third-order valence-electron chi connectivity index (χ3n) is 2.94. The van der Waals surface area contributed by atoms with Crippen molar-refractivity contribution >= 4 is 25.8 Å². The maximum atomic E-state index is 11.9. The highest BCUT2D eigenvalue weighted by molar-refractivity contribution is 9.10. The van der Waals surface area contributed by atoms with Crippen molar-refractivity contribution in [3.8, 4) is 0 Å². The highest BCUT2D eigenvalue weighted by Gasteiger charge is 2.26. The molecule has 2 unspecified atom stereocenters. The van der Waals surface area contributed by atoms with Crippen LogP contribution < -0.4 is 5.32 Å². The zero-order chi connectivity index (χ0) is 12.5. The Labute approximate surface area is 111 Å². The standard InChI is InChI=1S/C12H16BrNO2S/c1-9-6-14-12(8-17(15,16)7-9)10-2-4-11(13)5-3-10/h2-5,9,12,14H,6-8H2,1H3. The Morgan fingerprint density at radius 1 is 1.24 bits per heavy atom. The normalized spacial score (nSPS) is 28.6. The van der Waals surface area contributed by atoms with E-state index in [2.05, 4.69) is 21.2 Å². The molecule has 1 fully saturated rings. The summed E-state index contributed by atoms with van der Waals surface area (Å²) in [5.41, 5.74) is 1.03. The van der Waals surface area contributed by atoms with Gasteiger partial charge in [0.25, 0.3) is 0 Å². The van der Waals surface area contributed by atoms with Gasteiger partial charge in [-0.2, -0.15) is 0 Å². The molecule has 0 bridgehead atoms. The van der Waals surface area contributed by atoms with E-state index in [9.17, 15) is 8.42 Å². The van der Waals surface area contributed by atoms with E-state index in [-0.39, 0.29) is 23.5 Å². The average Bonchev–Trinajstić information content (AvgIpc) is 2.37. The zero-order valence-electron chi connectivity index (χ0n) is 9.69. The van der Waals surface area contributed by atoms with Crippen LogP contribution in [-0.4, -0.2) is 26.5 Å². The smallest absolute Gasteiger partial charge is 0.152 e. The lowest BCUT2D eigenvalue weighted by Gasteiger charge is -2.16. The predicted molar refractivity (Wildman–Crippen MR) is 72.7 cm³/mol. The fraction of sp³-hybridized carbons (Fsp3) is 0.500. The Balaban J connectivity index is 2.24. The number of nitrogens with one attached hydrogen (secondary N) is 1. The zero-order valence-corrected chi connectivity index (χ0v) is 12.1. The molecule has 3 nitrogen and oxygen atoms in total. The molecule has 1 N–H and O–H groups in total. The second-order valence-corrected chi connectivity index (χ2v) is 7.76. The lowest BCUT2D eigenvalue weighted by atomic mass is 10.1. The van der Waals surface area contributed by atoms with Crippen LogP contribution in [0.3, 0.4) is 0 Å². The molecule has 2 rings (SSSR count). The van der Waals surface area contributed by atoms with Crippen molar-refractivity contribution in [3.63, 3.8) is 0 Å². The minimum absolute atomic E-state index is 0.0851. The summed E-state index contributed by atoms with van der Waals surface area (Å²) in [5.74, 6) is 0.659. The number of sulfone groups is 1. The van der Waals surface area contributed by atoms with Crippen molar-refractivity contribution in [1.82, 2.24) is 5.32 Å². The first-order valence-corrected chi connectivity index (χ1v) is 8.27. The van der Waals surface area contributed by atoms with Crippen LogP contribution in [0.1, 0.15) is 18.5 Å². The molecule has 1 aliphatic rings. The van der Waals surface area contributed by atoms with E-state index in [1.165, 1.54) is 0 Å². The van der Waals surface area contributed by atoms with Gasteiger partial charge in [-0.05, 0) is 30.2 Å². The van der Waals surface area contributed by atoms with Crippen LogP contribution in [0.15, 0.2) is 28.7 Å². The van der Waals surface area contributed by atoms with Crippen LogP contribution in [-0.2, 0) is 9.84 Å². The molecule has 94 valence electrons. The quantitative estimate of drug-likeness (QED) is 0.863. The molecule has 1 aliphatic heterocycles. The lowest BCUT2D eigenvalue weighted by Crippen LogP contribution is -2.26. The predicted octanol–water partition coefficient (Wildman–Crippen LogP) is 2.14. The lowest BCUT2D eigenvalue weighted by molar-refractivity contribution is 0.517. The fourth-order valence-corrected chi connectivity index (χ4v) is 4.33. The van der Waals surface area contributed by atoms with Gasteiger partial charge in [-0.3, -0.25) is 0 Å². The first-order chi connectivity index (χ1) is 7.96. The third kappa shape index (κ3) is 3.53. The Bertz CT molecular complexity index is 484. The van der Waals surface area contributed by atoms with Gasteiger partial charge in [0.2, 0.25) is 0 Å². The topological polar surface area (TPSA) is 46.2 Å². The largest absolute Gasteiger partial charge is 0.309 e. The number of benzene rings is 1. The first-order valence-electron chi connectivity index (χ1n) is 5.65. The van der Waals surface area contributed by atoms with Gasteiger partial charge in [0.05, 0.1) is 11.5 Å². The van der Waals surface area contributed by atoms with E-state index in [0.717, 1.165) is 16.6 Å². The summed E-state index contributed by atoms with van der Waals surface area (Å²) >= 11 is 3.38. The Kier molecular flexibility index (Phi) is 3.90. The number of rotatable bonds is 1. The van der Waals surface area contributed by atoms with Gasteiger partial charge < -0.3 is 5.32 Å². The van der Waals surface area contributed by atoms with E-state index in [1.54, 1.807) is 0 Å². The van der Waals surface area contributed by atoms with E-state index in [1.807, 2.05) is 31.2 Å². The molecule has 17 heavy (non-hydrogen) atoms. The third-order valence-corrected chi connectivity index (χ3v) is 5.39. The van der Waals surface area contributed by atoms with Crippen LogP contribution in [0.5, 0.6) is 0 Å². The van der Waals surface area contributed by atoms with Gasteiger partial charge in [0.1, 0.15) is 0 Å². The van der Waals surface area contributed by atoms with Crippen LogP contribution >= 0.6 is 15.9 Å². The maximum absolute atomic E-state index is 11.9. The summed E-state index contributed by atoms with van der Waals surface area (Å²) in [7, 11) is -2.95. The van der Waals surface area contributed by atoms with Crippen molar-refractivity contribution in [1.29, 1.82) is 0 Å². The molecule has 0 radical (unpaired) electrons. The molecule has 1 saturated heterocycles. The van der Waals surface area contributed by atoms with Gasteiger partial charge in [0.15, 0.2) is 9.84 Å². The van der Waals surface area contributed by atoms with Gasteiger partial charge in [-0.15, -0.1) is 0 Å². The Morgan fingerprint density at radius 3 is 2.53 bits per heavy atom. The van der Waals surface area contributed by atoms with Crippen molar-refractivity contribution in [3.05, 3.63) is 34.3 Å². The minimum atomic E-state index is -2.95. The SMILES string of the molecule is CC1CNC(c2ccc(Br)cc2)CS(=O)(=O)C1. The summed E-state index contributed by atoms with van der Waals surface area (Å²) < 4.78 is 24.8. The summed E-state index contributed by atoms with van der Waals surface area (Å²) in [6, 6.07) is 7.73. The molecule has 2 atom stereocenters. The number of hydrogen-bond donors (Lipinski definition) is 1. The average molecular weight is 318 g/mol. The molecule has 0 amide bonds. The van der Waals surface area contributed by atoms with Crippen LogP contribution in [0.25, 0.3) is 0 Å². The summed E-state index contributed by atoms with van der Waals surface area (Å²) in [6.07, 6.45) is 0. The van der Waals surface area contributed by atoms with Crippen LogP contribution in [0, 0.1) is 5.92 Å². The van der Waals surface area contributed by atoms with Gasteiger partial charge >= 0.3 is 0 Å². The fourth-order valence-electron chi connectivity index (χ4n) is 2.13. The molecule has 0 aliphatic carbocycles. The molecule has 1 aromatic rings. The molecule has 0 spiro atoms. The van der Waals surface area contributed by atoms with Crippen molar-refractivity contribution in [2.45, 2.75) is 13.0 Å². The summed E-state index contributed by atoms with van der Waals surface area (Å²) in [4.78, 5) is 0. The molecule has 5 heteroatoms. The van der Waals surface area contributed by atoms with E-state index >= 15 is 0 Å². The molecule has 0 aromatic heterocycles. The number of hydrogen-bond acceptors (Lipinski definition) is 3. The van der Waals surface area contributed by atoms with Crippen molar-refractivity contribution in [2.75, 3.05) is 18.1 Å². The van der Waals surface area contributed by atoms with Crippen molar-refractivity contribution < 1.29 is 8.42 Å². The molecule has 1 aromatic carbocycles. The number of halogens is 1. The second kappa shape index (κ2) is 5.08. The van der Waals surface area contributed by atoms with E-state index in [4.69, 9.17) is 0 Å². The molecular weight excluding hydrogens is 302 g/mol. The molecule has 0 saturated carbocycles. The van der Waals surface area contributed by atoms with Gasteiger partial charge in [-0.1, -0.05) is 35.0 Å². The van der Waals surface area contributed by atoms with E-state index < -0.39 is 9.84 Å². The van der Waals surface area contributed by atoms with Gasteiger partial charge in [-0.25, -0.2) is 8.42 Å². The maximum Gasteiger partial charge on any atom is 0.152 e. The second-order valence-electron chi connectivity index (χ2n) is 4.69. The summed E-state index contributed by atoms with van der Waals surface area (Å²) in [5, 5.41) is 3.33. The Morgan fingerprint density at radius 2 is 1.88 bits per heavy atom. The van der Waals surface area contributed by atoms with Gasteiger partial charge in [0, 0.05) is 10.5 Å². The highest BCUT2D eigenvalue weighted by Crippen LogP contribution is 2.21. The van der Waals surface area contributed by atoms with Crippen LogP contribution in [0.2, 0.25) is 0 Å².